The maximum absolute atomic E-state index is 10.5. The van der Waals surface area contributed by atoms with Crippen LogP contribution in [-0.4, -0.2) is 11.4 Å². The summed E-state index contributed by atoms with van der Waals surface area (Å²) in [5.41, 5.74) is 0.0989. The number of hydrogen-bond acceptors (Lipinski definition) is 3. The zero-order valence-corrected chi connectivity index (χ0v) is 7.60. The fraction of sp³-hybridized carbons (Fsp3) is 0.182. The predicted molar refractivity (Wildman–Crippen MR) is 52.2 cm³/mol. The summed E-state index contributed by atoms with van der Waals surface area (Å²) in [6.07, 6.45) is 2.83. The predicted octanol–water partition coefficient (Wildman–Crippen LogP) is 0.908. The number of nitrogens with one attached hydrogen (secondary N) is 1. The second kappa shape index (κ2) is 3.27. The SMILES string of the molecule is O=CC1=CCC(O)(c2ccccc2)N1. The van der Waals surface area contributed by atoms with Crippen molar-refractivity contribution in [1.82, 2.24) is 5.32 Å². The first-order chi connectivity index (χ1) is 6.74. The smallest absolute Gasteiger partial charge is 0.165 e. The molecule has 0 aromatic heterocycles. The highest BCUT2D eigenvalue weighted by atomic mass is 16.3. The van der Waals surface area contributed by atoms with Gasteiger partial charge in [0.05, 0.1) is 5.70 Å². The summed E-state index contributed by atoms with van der Waals surface area (Å²) in [6.45, 7) is 0. The minimum Gasteiger partial charge on any atom is -0.367 e. The van der Waals surface area contributed by atoms with Crippen LogP contribution in [0.5, 0.6) is 0 Å². The van der Waals surface area contributed by atoms with Crippen molar-refractivity contribution < 1.29 is 9.90 Å². The van der Waals surface area contributed by atoms with Crippen LogP contribution >= 0.6 is 0 Å². The number of carbonyl (C=O) groups is 1. The van der Waals surface area contributed by atoms with E-state index in [2.05, 4.69) is 5.32 Å². The molecule has 1 atom stereocenters. The highest BCUT2D eigenvalue weighted by Crippen LogP contribution is 2.27. The third-order valence-electron chi connectivity index (χ3n) is 2.35. The molecule has 2 rings (SSSR count). The summed E-state index contributed by atoms with van der Waals surface area (Å²) in [5, 5.41) is 12.9. The summed E-state index contributed by atoms with van der Waals surface area (Å²) >= 11 is 0. The van der Waals surface area contributed by atoms with Gasteiger partial charge < -0.3 is 10.4 Å². The molecule has 1 aromatic rings. The van der Waals surface area contributed by atoms with Gasteiger partial charge in [0.1, 0.15) is 0 Å². The van der Waals surface area contributed by atoms with E-state index in [-0.39, 0.29) is 0 Å². The minimum absolute atomic E-state index is 0.422. The van der Waals surface area contributed by atoms with E-state index in [0.29, 0.717) is 18.4 Å². The molecule has 0 saturated heterocycles. The molecule has 0 spiro atoms. The van der Waals surface area contributed by atoms with Crippen molar-refractivity contribution in [3.8, 4) is 0 Å². The van der Waals surface area contributed by atoms with E-state index >= 15 is 0 Å². The van der Waals surface area contributed by atoms with Crippen LogP contribution in [0.25, 0.3) is 0 Å². The second-order valence-corrected chi connectivity index (χ2v) is 3.33. The monoisotopic (exact) mass is 189 g/mol. The molecule has 1 aromatic carbocycles. The standard InChI is InChI=1S/C11H11NO2/c13-8-10-6-7-11(14,12-10)9-4-2-1-3-5-9/h1-6,8,12,14H,7H2. The van der Waals surface area contributed by atoms with E-state index in [9.17, 15) is 9.90 Å². The molecule has 2 N–H and O–H groups in total. The van der Waals surface area contributed by atoms with Gasteiger partial charge in [-0.15, -0.1) is 0 Å². The normalized spacial score (nSPS) is 25.4. The van der Waals surface area contributed by atoms with Gasteiger partial charge in [0.25, 0.3) is 0 Å². The van der Waals surface area contributed by atoms with Gasteiger partial charge in [0, 0.05) is 12.0 Å². The first-order valence-corrected chi connectivity index (χ1v) is 4.46. The summed E-state index contributed by atoms with van der Waals surface area (Å²) in [7, 11) is 0. The molecule has 1 unspecified atom stereocenters. The highest BCUT2D eigenvalue weighted by Gasteiger charge is 2.32. The zero-order valence-electron chi connectivity index (χ0n) is 7.60. The van der Waals surface area contributed by atoms with Crippen molar-refractivity contribution in [2.24, 2.45) is 0 Å². The molecule has 0 radical (unpaired) electrons. The Morgan fingerprint density at radius 2 is 2.07 bits per heavy atom. The number of aldehydes is 1. The summed E-state index contributed by atoms with van der Waals surface area (Å²) in [5.74, 6) is 0. The molecular formula is C11H11NO2. The number of benzene rings is 1. The number of allylic oxidation sites excluding steroid dienone is 1. The van der Waals surface area contributed by atoms with Crippen molar-refractivity contribution in [3.05, 3.63) is 47.7 Å². The third-order valence-corrected chi connectivity index (χ3v) is 2.35. The van der Waals surface area contributed by atoms with Gasteiger partial charge in [-0.3, -0.25) is 4.79 Å². The Morgan fingerprint density at radius 3 is 2.64 bits per heavy atom. The van der Waals surface area contributed by atoms with Gasteiger partial charge in [-0.1, -0.05) is 36.4 Å². The topological polar surface area (TPSA) is 49.3 Å². The molecule has 0 amide bonds. The van der Waals surface area contributed by atoms with Crippen molar-refractivity contribution in [2.75, 3.05) is 0 Å². The van der Waals surface area contributed by atoms with Gasteiger partial charge in [0.15, 0.2) is 12.0 Å². The van der Waals surface area contributed by atoms with Crippen LogP contribution in [0.4, 0.5) is 0 Å². The second-order valence-electron chi connectivity index (χ2n) is 3.33. The molecule has 0 saturated carbocycles. The largest absolute Gasteiger partial charge is 0.367 e. The number of carbonyl (C=O) groups excluding carboxylic acids is 1. The van der Waals surface area contributed by atoms with Gasteiger partial charge in [-0.2, -0.15) is 0 Å². The van der Waals surface area contributed by atoms with E-state index in [1.165, 1.54) is 0 Å². The lowest BCUT2D eigenvalue weighted by molar-refractivity contribution is -0.105. The van der Waals surface area contributed by atoms with Gasteiger partial charge in [-0.05, 0) is 0 Å². The van der Waals surface area contributed by atoms with E-state index in [4.69, 9.17) is 0 Å². The van der Waals surface area contributed by atoms with Crippen molar-refractivity contribution in [3.63, 3.8) is 0 Å². The maximum Gasteiger partial charge on any atom is 0.165 e. The highest BCUT2D eigenvalue weighted by molar-refractivity contribution is 5.73. The van der Waals surface area contributed by atoms with E-state index in [0.717, 1.165) is 5.56 Å². The van der Waals surface area contributed by atoms with Crippen LogP contribution in [0.1, 0.15) is 12.0 Å². The average molecular weight is 189 g/mol. The van der Waals surface area contributed by atoms with Crippen LogP contribution in [0.15, 0.2) is 42.1 Å². The third kappa shape index (κ3) is 1.42. The molecule has 1 aliphatic heterocycles. The fourth-order valence-electron chi connectivity index (χ4n) is 1.58. The molecule has 1 aliphatic rings. The van der Waals surface area contributed by atoms with Crippen LogP contribution in [0, 0.1) is 0 Å². The summed E-state index contributed by atoms with van der Waals surface area (Å²) in [4.78, 5) is 10.5. The van der Waals surface area contributed by atoms with Crippen molar-refractivity contribution >= 4 is 6.29 Å². The van der Waals surface area contributed by atoms with Crippen LogP contribution < -0.4 is 5.32 Å². The van der Waals surface area contributed by atoms with Crippen molar-refractivity contribution in [1.29, 1.82) is 0 Å². The molecular weight excluding hydrogens is 178 g/mol. The zero-order chi connectivity index (χ0) is 10.0. The van der Waals surface area contributed by atoms with Gasteiger partial charge in [-0.25, -0.2) is 0 Å². The molecule has 3 heteroatoms. The van der Waals surface area contributed by atoms with Crippen LogP contribution in [0.2, 0.25) is 0 Å². The van der Waals surface area contributed by atoms with Gasteiger partial charge >= 0.3 is 0 Å². The molecule has 14 heavy (non-hydrogen) atoms. The number of aliphatic hydroxyl groups is 1. The molecule has 72 valence electrons. The Labute approximate surface area is 82.1 Å². The Bertz CT molecular complexity index is 372. The van der Waals surface area contributed by atoms with Crippen molar-refractivity contribution in [2.45, 2.75) is 12.1 Å². The minimum atomic E-state index is -1.11. The van der Waals surface area contributed by atoms with Crippen LogP contribution in [0.3, 0.4) is 0 Å². The maximum atomic E-state index is 10.5. The lowest BCUT2D eigenvalue weighted by Gasteiger charge is -2.24. The quantitative estimate of drug-likeness (QED) is 0.680. The fourth-order valence-corrected chi connectivity index (χ4v) is 1.58. The number of rotatable bonds is 2. The van der Waals surface area contributed by atoms with E-state index in [1.807, 2.05) is 30.3 Å². The Morgan fingerprint density at radius 1 is 1.36 bits per heavy atom. The Hall–Kier alpha value is -1.61. The first-order valence-electron chi connectivity index (χ1n) is 4.46. The Balaban J connectivity index is 2.25. The summed E-state index contributed by atoms with van der Waals surface area (Å²) < 4.78 is 0. The molecule has 0 fully saturated rings. The van der Waals surface area contributed by atoms with Crippen LogP contribution in [-0.2, 0) is 10.5 Å². The average Bonchev–Trinajstić information content (AvgIpc) is 2.63. The van der Waals surface area contributed by atoms with Gasteiger partial charge in [0.2, 0.25) is 0 Å². The molecule has 0 bridgehead atoms. The number of hydrogen-bond donors (Lipinski definition) is 2. The molecule has 0 aliphatic carbocycles. The first kappa shape index (κ1) is 8.97. The summed E-state index contributed by atoms with van der Waals surface area (Å²) in [6, 6.07) is 9.25. The van der Waals surface area contributed by atoms with E-state index in [1.54, 1.807) is 6.08 Å². The molecule has 3 nitrogen and oxygen atoms in total. The lowest BCUT2D eigenvalue weighted by atomic mass is 10.0. The molecule has 1 heterocycles. The van der Waals surface area contributed by atoms with E-state index < -0.39 is 5.72 Å². The Kier molecular flexibility index (Phi) is 2.09. The lowest BCUT2D eigenvalue weighted by Crippen LogP contribution is -2.37.